The molecule has 0 unspecified atom stereocenters. The Kier molecular flexibility index (Phi) is 4.80. The number of amides is 1. The molecule has 0 aliphatic heterocycles. The second-order valence-corrected chi connectivity index (χ2v) is 6.55. The van der Waals surface area contributed by atoms with Crippen molar-refractivity contribution in [3.63, 3.8) is 0 Å². The molecule has 1 N–H and O–H groups in total. The van der Waals surface area contributed by atoms with E-state index in [1.54, 1.807) is 5.32 Å². The topological polar surface area (TPSA) is 63.2 Å². The maximum atomic E-state index is 12.6. The van der Waals surface area contributed by atoms with Gasteiger partial charge in [0.1, 0.15) is 5.75 Å². The van der Waals surface area contributed by atoms with Crippen LogP contribution in [-0.4, -0.2) is 26.3 Å². The third-order valence-corrected chi connectivity index (χ3v) is 3.05. The number of sulfone groups is 1. The maximum absolute atomic E-state index is 12.6. The van der Waals surface area contributed by atoms with Crippen LogP contribution in [0, 0.1) is 0 Å². The van der Waals surface area contributed by atoms with Crippen LogP contribution >= 0.6 is 0 Å². The minimum Gasteiger partial charge on any atom is -0.325 e. The monoisotopic (exact) mass is 349 g/mol. The van der Waals surface area contributed by atoms with Crippen LogP contribution < -0.4 is 5.32 Å². The summed E-state index contributed by atoms with van der Waals surface area (Å²) in [5.41, 5.74) is -4.02. The fourth-order valence-electron chi connectivity index (χ4n) is 1.46. The molecule has 22 heavy (non-hydrogen) atoms. The first-order valence-electron chi connectivity index (χ1n) is 5.45. The first kappa shape index (κ1) is 18.3. The molecule has 0 atom stereocenters. The van der Waals surface area contributed by atoms with Gasteiger partial charge in [-0.3, -0.25) is 4.79 Å². The third kappa shape index (κ3) is 5.54. The molecule has 1 aromatic rings. The first-order valence-corrected chi connectivity index (χ1v) is 7.51. The predicted molar refractivity (Wildman–Crippen MR) is 64.8 cm³/mol. The van der Waals surface area contributed by atoms with Crippen molar-refractivity contribution in [2.75, 3.05) is 17.3 Å². The minimum absolute atomic E-state index is 0.105. The van der Waals surface area contributed by atoms with Crippen molar-refractivity contribution in [3.8, 4) is 0 Å². The van der Waals surface area contributed by atoms with Gasteiger partial charge in [-0.15, -0.1) is 0 Å². The molecular weight excluding hydrogens is 340 g/mol. The van der Waals surface area contributed by atoms with Crippen LogP contribution in [0.25, 0.3) is 0 Å². The minimum atomic E-state index is -5.06. The zero-order valence-electron chi connectivity index (χ0n) is 10.8. The van der Waals surface area contributed by atoms with E-state index in [0.717, 1.165) is 0 Å². The molecule has 0 bridgehead atoms. The van der Waals surface area contributed by atoms with E-state index in [1.807, 2.05) is 0 Å². The second kappa shape index (κ2) is 5.78. The SMILES string of the molecule is CS(=O)(=O)CC(=O)Nc1cc(C(F)(F)F)cc(C(F)(F)F)c1. The number of nitrogens with one attached hydrogen (secondary N) is 1. The Labute approximate surface area is 121 Å². The molecule has 0 radical (unpaired) electrons. The Morgan fingerprint density at radius 3 is 1.73 bits per heavy atom. The smallest absolute Gasteiger partial charge is 0.325 e. The van der Waals surface area contributed by atoms with Gasteiger partial charge in [0.05, 0.1) is 11.1 Å². The van der Waals surface area contributed by atoms with E-state index in [9.17, 15) is 39.6 Å². The molecular formula is C11H9F6NO3S. The Hall–Kier alpha value is -1.78. The zero-order chi connectivity index (χ0) is 17.3. The summed E-state index contributed by atoms with van der Waals surface area (Å²) < 4.78 is 97.1. The molecule has 4 nitrogen and oxygen atoms in total. The maximum Gasteiger partial charge on any atom is 0.416 e. The highest BCUT2D eigenvalue weighted by atomic mass is 32.2. The molecule has 1 rings (SSSR count). The van der Waals surface area contributed by atoms with E-state index < -0.39 is 50.7 Å². The van der Waals surface area contributed by atoms with Crippen LogP contribution in [0.15, 0.2) is 18.2 Å². The van der Waals surface area contributed by atoms with Crippen LogP contribution in [-0.2, 0) is 27.0 Å². The summed E-state index contributed by atoms with van der Waals surface area (Å²) in [5.74, 6) is -2.31. The first-order chi connectivity index (χ1) is 9.68. The molecule has 0 saturated carbocycles. The highest BCUT2D eigenvalue weighted by Crippen LogP contribution is 2.37. The van der Waals surface area contributed by atoms with Gasteiger partial charge in [-0.25, -0.2) is 8.42 Å². The van der Waals surface area contributed by atoms with Crippen LogP contribution in [0.2, 0.25) is 0 Å². The van der Waals surface area contributed by atoms with Gasteiger partial charge in [0, 0.05) is 11.9 Å². The normalized spacial score (nSPS) is 13.0. The fourth-order valence-corrected chi connectivity index (χ4v) is 2.01. The molecule has 124 valence electrons. The number of halogens is 6. The Morgan fingerprint density at radius 1 is 1.00 bits per heavy atom. The number of rotatable bonds is 3. The van der Waals surface area contributed by atoms with Crippen LogP contribution in [0.1, 0.15) is 11.1 Å². The summed E-state index contributed by atoms with van der Waals surface area (Å²) >= 11 is 0. The van der Waals surface area contributed by atoms with E-state index in [1.165, 1.54) is 0 Å². The summed E-state index contributed by atoms with van der Waals surface area (Å²) in [4.78, 5) is 11.3. The number of benzene rings is 1. The van der Waals surface area contributed by atoms with Gasteiger partial charge in [0.25, 0.3) is 0 Å². The molecule has 0 saturated heterocycles. The van der Waals surface area contributed by atoms with Crippen molar-refractivity contribution < 1.29 is 39.6 Å². The number of anilines is 1. The van der Waals surface area contributed by atoms with Gasteiger partial charge in [-0.1, -0.05) is 0 Å². The number of hydrogen-bond donors (Lipinski definition) is 1. The Bertz CT molecular complexity index is 646. The zero-order valence-corrected chi connectivity index (χ0v) is 11.7. The van der Waals surface area contributed by atoms with Crippen molar-refractivity contribution >= 4 is 21.4 Å². The molecule has 0 fully saturated rings. The van der Waals surface area contributed by atoms with E-state index in [-0.39, 0.29) is 18.2 Å². The number of alkyl halides is 6. The Morgan fingerprint density at radius 2 is 1.41 bits per heavy atom. The van der Waals surface area contributed by atoms with Crippen LogP contribution in [0.3, 0.4) is 0 Å². The van der Waals surface area contributed by atoms with Crippen molar-refractivity contribution in [1.82, 2.24) is 0 Å². The summed E-state index contributed by atoms with van der Waals surface area (Å²) in [6.07, 6.45) is -9.42. The van der Waals surface area contributed by atoms with Crippen molar-refractivity contribution in [2.45, 2.75) is 12.4 Å². The molecule has 0 heterocycles. The van der Waals surface area contributed by atoms with Gasteiger partial charge >= 0.3 is 12.4 Å². The van der Waals surface area contributed by atoms with Crippen molar-refractivity contribution in [2.24, 2.45) is 0 Å². The lowest BCUT2D eigenvalue weighted by atomic mass is 10.1. The van der Waals surface area contributed by atoms with Gasteiger partial charge in [-0.2, -0.15) is 26.3 Å². The van der Waals surface area contributed by atoms with Gasteiger partial charge in [-0.05, 0) is 18.2 Å². The summed E-state index contributed by atoms with van der Waals surface area (Å²) in [6.45, 7) is 0. The van der Waals surface area contributed by atoms with E-state index in [0.29, 0.717) is 6.26 Å². The largest absolute Gasteiger partial charge is 0.416 e. The van der Waals surface area contributed by atoms with Gasteiger partial charge in [0.15, 0.2) is 9.84 Å². The molecule has 0 aliphatic carbocycles. The molecule has 0 aliphatic rings. The van der Waals surface area contributed by atoms with Gasteiger partial charge in [0.2, 0.25) is 5.91 Å². The van der Waals surface area contributed by atoms with Crippen LogP contribution in [0.5, 0.6) is 0 Å². The van der Waals surface area contributed by atoms with Crippen molar-refractivity contribution in [3.05, 3.63) is 29.3 Å². The quantitative estimate of drug-likeness (QED) is 0.854. The second-order valence-electron chi connectivity index (χ2n) is 4.41. The van der Waals surface area contributed by atoms with Crippen LogP contribution in [0.4, 0.5) is 32.0 Å². The molecule has 1 amide bonds. The van der Waals surface area contributed by atoms with Crippen molar-refractivity contribution in [1.29, 1.82) is 0 Å². The van der Waals surface area contributed by atoms with E-state index in [4.69, 9.17) is 0 Å². The van der Waals surface area contributed by atoms with Gasteiger partial charge < -0.3 is 5.32 Å². The van der Waals surface area contributed by atoms with E-state index in [2.05, 4.69) is 0 Å². The molecule has 0 aromatic heterocycles. The lowest BCUT2D eigenvalue weighted by molar-refractivity contribution is -0.143. The van der Waals surface area contributed by atoms with E-state index >= 15 is 0 Å². The highest BCUT2D eigenvalue weighted by Gasteiger charge is 2.37. The lowest BCUT2D eigenvalue weighted by Gasteiger charge is -2.14. The summed E-state index contributed by atoms with van der Waals surface area (Å²) in [7, 11) is -3.78. The summed E-state index contributed by atoms with van der Waals surface area (Å²) in [5, 5.41) is 1.71. The fraction of sp³-hybridized carbons (Fsp3) is 0.364. The molecule has 1 aromatic carbocycles. The summed E-state index contributed by atoms with van der Waals surface area (Å²) in [6, 6.07) is 0.469. The lowest BCUT2D eigenvalue weighted by Crippen LogP contribution is -2.22. The number of hydrogen-bond acceptors (Lipinski definition) is 3. The average molecular weight is 349 g/mol. The third-order valence-electron chi connectivity index (χ3n) is 2.26. The molecule has 0 spiro atoms. The molecule has 11 heteroatoms. The number of carbonyl (C=O) groups is 1. The predicted octanol–water partition coefficient (Wildman–Crippen LogP) is 2.71. The standard InChI is InChI=1S/C11H9F6NO3S/c1-22(20,21)5-9(19)18-8-3-6(10(12,13)14)2-7(4-8)11(15,16)17/h2-4H,5H2,1H3,(H,18,19). The number of carbonyl (C=O) groups excluding carboxylic acids is 1. The highest BCUT2D eigenvalue weighted by molar-refractivity contribution is 7.91. The average Bonchev–Trinajstić information content (AvgIpc) is 2.23. The Balaban J connectivity index is 3.22.